The summed E-state index contributed by atoms with van der Waals surface area (Å²) in [5, 5.41) is 3.36. The first-order valence-corrected chi connectivity index (χ1v) is 7.83. The normalized spacial score (nSPS) is 15.3. The Bertz CT molecular complexity index is 767. The van der Waals surface area contributed by atoms with Crippen molar-refractivity contribution in [3.63, 3.8) is 0 Å². The Kier molecular flexibility index (Phi) is 4.65. The highest BCUT2D eigenvalue weighted by atomic mass is 19.4. The Morgan fingerprint density at radius 2 is 1.96 bits per heavy atom. The molecule has 1 aliphatic rings. The summed E-state index contributed by atoms with van der Waals surface area (Å²) < 4.78 is 47.2. The van der Waals surface area contributed by atoms with E-state index in [1.54, 1.807) is 17.9 Å². The number of ether oxygens (including phenoxy) is 1. The fraction of sp³-hybridized carbons (Fsp3) is 0.438. The number of aryl methyl sites for hydroxylation is 1. The number of nitrogens with zero attached hydrogens (tertiary/aromatic N) is 3. The van der Waals surface area contributed by atoms with E-state index >= 15 is 0 Å². The fourth-order valence-corrected chi connectivity index (χ4v) is 2.64. The number of halogens is 3. The van der Waals surface area contributed by atoms with E-state index in [0.29, 0.717) is 30.0 Å². The summed E-state index contributed by atoms with van der Waals surface area (Å²) in [6, 6.07) is 4.55. The number of aromatic nitrogens is 2. The van der Waals surface area contributed by atoms with Gasteiger partial charge in [0.05, 0.1) is 0 Å². The van der Waals surface area contributed by atoms with Crippen molar-refractivity contribution in [2.45, 2.75) is 32.4 Å². The lowest BCUT2D eigenvalue weighted by Gasteiger charge is -2.25. The van der Waals surface area contributed by atoms with Gasteiger partial charge in [-0.3, -0.25) is 0 Å². The summed E-state index contributed by atoms with van der Waals surface area (Å²) in [4.78, 5) is 17.1. The van der Waals surface area contributed by atoms with Crippen LogP contribution in [-0.4, -0.2) is 34.2 Å². The number of alkyl halides is 3. The molecule has 0 aliphatic carbocycles. The maximum Gasteiger partial charge on any atom is 0.471 e. The number of benzene rings is 1. The molecule has 1 aliphatic heterocycles. The number of hydrogen-bond acceptors (Lipinski definition) is 5. The molecule has 1 aromatic carbocycles. The Morgan fingerprint density at radius 1 is 1.24 bits per heavy atom. The van der Waals surface area contributed by atoms with Crippen LogP contribution in [0, 0.1) is 6.92 Å². The third kappa shape index (κ3) is 3.92. The lowest BCUT2D eigenvalue weighted by Crippen LogP contribution is -2.37. The summed E-state index contributed by atoms with van der Waals surface area (Å²) in [5.41, 5.74) is 0.940. The van der Waals surface area contributed by atoms with Crippen LogP contribution in [0.15, 0.2) is 22.7 Å². The molecule has 1 amide bonds. The van der Waals surface area contributed by atoms with Gasteiger partial charge in [-0.05, 0) is 49.9 Å². The van der Waals surface area contributed by atoms with E-state index < -0.39 is 18.2 Å². The average molecular weight is 355 g/mol. The number of piperidine rings is 1. The average Bonchev–Trinajstić information content (AvgIpc) is 3.06. The van der Waals surface area contributed by atoms with Crippen LogP contribution in [0.3, 0.4) is 0 Å². The van der Waals surface area contributed by atoms with Crippen LogP contribution in [-0.2, 0) is 6.18 Å². The van der Waals surface area contributed by atoms with Crippen LogP contribution in [0.2, 0.25) is 0 Å². The van der Waals surface area contributed by atoms with Crippen LogP contribution in [0.4, 0.5) is 18.0 Å². The standard InChI is InChI=1S/C16H16F3N3O3/c1-10-9-11(24-15(23)22-7-3-2-4-8-22)5-6-12(10)13-20-14(25-21-13)16(17,18)19/h5-6,9H,2-4,7-8H2,1H3. The maximum absolute atomic E-state index is 12.5. The summed E-state index contributed by atoms with van der Waals surface area (Å²) in [6.07, 6.45) is -2.12. The van der Waals surface area contributed by atoms with Crippen molar-refractivity contribution in [2.75, 3.05) is 13.1 Å². The number of rotatable bonds is 2. The van der Waals surface area contributed by atoms with Crippen molar-refractivity contribution in [1.29, 1.82) is 0 Å². The molecule has 0 unspecified atom stereocenters. The second-order valence-electron chi connectivity index (χ2n) is 5.81. The lowest BCUT2D eigenvalue weighted by molar-refractivity contribution is -0.159. The second-order valence-corrected chi connectivity index (χ2v) is 5.81. The third-order valence-electron chi connectivity index (χ3n) is 3.93. The quantitative estimate of drug-likeness (QED) is 0.813. The first kappa shape index (κ1) is 17.2. The van der Waals surface area contributed by atoms with Gasteiger partial charge in [0.2, 0.25) is 5.82 Å². The van der Waals surface area contributed by atoms with Gasteiger partial charge in [-0.1, -0.05) is 5.16 Å². The number of likely N-dealkylation sites (tertiary alicyclic amines) is 1. The van der Waals surface area contributed by atoms with Crippen molar-refractivity contribution in [3.8, 4) is 17.1 Å². The number of hydrogen-bond donors (Lipinski definition) is 0. The minimum absolute atomic E-state index is 0.168. The van der Waals surface area contributed by atoms with E-state index in [1.807, 2.05) is 0 Å². The molecule has 1 aromatic heterocycles. The molecular weight excluding hydrogens is 339 g/mol. The van der Waals surface area contributed by atoms with Crippen LogP contribution in [0.5, 0.6) is 5.75 Å². The van der Waals surface area contributed by atoms with Crippen LogP contribution in [0.25, 0.3) is 11.4 Å². The largest absolute Gasteiger partial charge is 0.471 e. The van der Waals surface area contributed by atoms with Crippen molar-refractivity contribution in [2.24, 2.45) is 0 Å². The number of amides is 1. The first-order chi connectivity index (χ1) is 11.8. The second kappa shape index (κ2) is 6.73. The summed E-state index contributed by atoms with van der Waals surface area (Å²) in [5.74, 6) is -1.25. The highest BCUT2D eigenvalue weighted by Crippen LogP contribution is 2.31. The SMILES string of the molecule is Cc1cc(OC(=O)N2CCCCC2)ccc1-c1noc(C(F)(F)F)n1. The highest BCUT2D eigenvalue weighted by Gasteiger charge is 2.38. The molecule has 0 spiro atoms. The Labute approximate surface area is 141 Å². The zero-order valence-electron chi connectivity index (χ0n) is 13.5. The number of carbonyl (C=O) groups excluding carboxylic acids is 1. The smallest absolute Gasteiger partial charge is 0.410 e. The van der Waals surface area contributed by atoms with Gasteiger partial charge in [-0.25, -0.2) is 4.79 Å². The van der Waals surface area contributed by atoms with Gasteiger partial charge in [0.1, 0.15) is 5.75 Å². The predicted octanol–water partition coefficient (Wildman–Crippen LogP) is 4.05. The van der Waals surface area contributed by atoms with Gasteiger partial charge in [0, 0.05) is 18.7 Å². The molecular formula is C16H16F3N3O3. The molecule has 0 radical (unpaired) electrons. The van der Waals surface area contributed by atoms with Gasteiger partial charge >= 0.3 is 18.2 Å². The third-order valence-corrected chi connectivity index (χ3v) is 3.93. The van der Waals surface area contributed by atoms with Crippen molar-refractivity contribution in [1.82, 2.24) is 15.0 Å². The Balaban J connectivity index is 1.74. The van der Waals surface area contributed by atoms with Gasteiger partial charge in [-0.15, -0.1) is 0 Å². The van der Waals surface area contributed by atoms with Crippen molar-refractivity contribution < 1.29 is 27.2 Å². The molecule has 9 heteroatoms. The zero-order chi connectivity index (χ0) is 18.0. The molecule has 0 N–H and O–H groups in total. The van der Waals surface area contributed by atoms with E-state index in [9.17, 15) is 18.0 Å². The van der Waals surface area contributed by atoms with E-state index in [0.717, 1.165) is 19.3 Å². The fourth-order valence-electron chi connectivity index (χ4n) is 2.64. The molecule has 6 nitrogen and oxygen atoms in total. The molecule has 0 saturated carbocycles. The summed E-state index contributed by atoms with van der Waals surface area (Å²) in [7, 11) is 0. The van der Waals surface area contributed by atoms with Crippen LogP contribution in [0.1, 0.15) is 30.7 Å². The van der Waals surface area contributed by atoms with E-state index in [-0.39, 0.29) is 5.82 Å². The van der Waals surface area contributed by atoms with Gasteiger partial charge in [0.15, 0.2) is 0 Å². The summed E-state index contributed by atoms with van der Waals surface area (Å²) >= 11 is 0. The molecule has 1 saturated heterocycles. The molecule has 134 valence electrons. The van der Waals surface area contributed by atoms with Gasteiger partial charge in [-0.2, -0.15) is 18.2 Å². The predicted molar refractivity (Wildman–Crippen MR) is 80.9 cm³/mol. The van der Waals surface area contributed by atoms with Crippen LogP contribution >= 0.6 is 0 Å². The Morgan fingerprint density at radius 3 is 2.56 bits per heavy atom. The molecule has 25 heavy (non-hydrogen) atoms. The monoisotopic (exact) mass is 355 g/mol. The molecule has 2 aromatic rings. The summed E-state index contributed by atoms with van der Waals surface area (Å²) in [6.45, 7) is 3.00. The van der Waals surface area contributed by atoms with Crippen molar-refractivity contribution in [3.05, 3.63) is 29.7 Å². The molecule has 0 bridgehead atoms. The van der Waals surface area contributed by atoms with Gasteiger partial charge < -0.3 is 14.2 Å². The number of carbonyl (C=O) groups is 1. The van der Waals surface area contributed by atoms with E-state index in [1.165, 1.54) is 12.1 Å². The minimum Gasteiger partial charge on any atom is -0.410 e. The van der Waals surface area contributed by atoms with Crippen LogP contribution < -0.4 is 4.74 Å². The minimum atomic E-state index is -4.69. The van der Waals surface area contributed by atoms with Crippen molar-refractivity contribution >= 4 is 6.09 Å². The zero-order valence-corrected chi connectivity index (χ0v) is 13.5. The molecule has 0 atom stereocenters. The topological polar surface area (TPSA) is 68.5 Å². The Hall–Kier alpha value is -2.58. The maximum atomic E-state index is 12.5. The molecule has 3 rings (SSSR count). The van der Waals surface area contributed by atoms with Gasteiger partial charge in [0.25, 0.3) is 0 Å². The van der Waals surface area contributed by atoms with E-state index in [4.69, 9.17) is 4.74 Å². The highest BCUT2D eigenvalue weighted by molar-refractivity contribution is 5.71. The molecule has 1 fully saturated rings. The lowest BCUT2D eigenvalue weighted by atomic mass is 10.1. The molecule has 2 heterocycles. The first-order valence-electron chi connectivity index (χ1n) is 7.83. The van der Waals surface area contributed by atoms with E-state index in [2.05, 4.69) is 14.7 Å².